The van der Waals surface area contributed by atoms with Crippen molar-refractivity contribution in [3.8, 4) is 0 Å². The number of nitrogens with zero attached hydrogens (tertiary/aromatic N) is 1. The van der Waals surface area contributed by atoms with Gasteiger partial charge in [-0.15, -0.1) is 0 Å². The zero-order valence-electron chi connectivity index (χ0n) is 12.0. The summed E-state index contributed by atoms with van der Waals surface area (Å²) in [6.45, 7) is 1.47. The van der Waals surface area contributed by atoms with Crippen molar-refractivity contribution in [2.24, 2.45) is 0 Å². The van der Waals surface area contributed by atoms with Crippen LogP contribution in [-0.4, -0.2) is 11.6 Å². The molecule has 0 atom stereocenters. The summed E-state index contributed by atoms with van der Waals surface area (Å²) < 4.78 is 5.71. The molecular formula is C19H19NO. The average Bonchev–Trinajstić information content (AvgIpc) is 2.55. The summed E-state index contributed by atoms with van der Waals surface area (Å²) in [6, 6.07) is 20.7. The van der Waals surface area contributed by atoms with Crippen LogP contribution in [0.5, 0.6) is 0 Å². The molecule has 1 heterocycles. The molecule has 3 aromatic rings. The Labute approximate surface area is 125 Å². The minimum atomic E-state index is 0.691. The van der Waals surface area contributed by atoms with E-state index in [4.69, 9.17) is 4.74 Å². The summed E-state index contributed by atoms with van der Waals surface area (Å²) in [4.78, 5) is 4.49. The summed E-state index contributed by atoms with van der Waals surface area (Å²) in [6.07, 6.45) is 4.00. The summed E-state index contributed by atoms with van der Waals surface area (Å²) >= 11 is 0. The van der Waals surface area contributed by atoms with Crippen LogP contribution in [0.25, 0.3) is 10.9 Å². The molecule has 0 spiro atoms. The number of para-hydroxylation sites is 1. The van der Waals surface area contributed by atoms with Crippen molar-refractivity contribution in [1.82, 2.24) is 4.98 Å². The monoisotopic (exact) mass is 277 g/mol. The Hall–Kier alpha value is -2.19. The molecular weight excluding hydrogens is 258 g/mol. The summed E-state index contributed by atoms with van der Waals surface area (Å²) in [5.41, 5.74) is 3.56. The molecule has 0 saturated heterocycles. The molecule has 106 valence electrons. The fourth-order valence-corrected chi connectivity index (χ4v) is 2.40. The van der Waals surface area contributed by atoms with Gasteiger partial charge in [0.2, 0.25) is 0 Å². The molecule has 0 aliphatic carbocycles. The number of benzene rings is 2. The topological polar surface area (TPSA) is 22.1 Å². The number of pyridine rings is 1. The highest BCUT2D eigenvalue weighted by Crippen LogP contribution is 2.13. The SMILES string of the molecule is c1ccc(COCCCc2cnc3ccccc3c2)cc1. The Morgan fingerprint density at radius 1 is 0.857 bits per heavy atom. The van der Waals surface area contributed by atoms with Crippen molar-refractivity contribution in [2.75, 3.05) is 6.61 Å². The van der Waals surface area contributed by atoms with Gasteiger partial charge in [-0.2, -0.15) is 0 Å². The van der Waals surface area contributed by atoms with Gasteiger partial charge in [0, 0.05) is 18.2 Å². The van der Waals surface area contributed by atoms with Gasteiger partial charge in [-0.25, -0.2) is 0 Å². The van der Waals surface area contributed by atoms with Crippen molar-refractivity contribution in [3.05, 3.63) is 78.0 Å². The van der Waals surface area contributed by atoms with Crippen LogP contribution < -0.4 is 0 Å². The molecule has 0 amide bonds. The quantitative estimate of drug-likeness (QED) is 0.624. The zero-order valence-corrected chi connectivity index (χ0v) is 12.0. The molecule has 0 unspecified atom stereocenters. The first kappa shape index (κ1) is 13.8. The molecule has 1 aromatic heterocycles. The molecule has 2 nitrogen and oxygen atoms in total. The number of rotatable bonds is 6. The number of hydrogen-bond acceptors (Lipinski definition) is 2. The first-order valence-corrected chi connectivity index (χ1v) is 7.37. The molecule has 0 aliphatic heterocycles. The zero-order chi connectivity index (χ0) is 14.3. The maximum absolute atomic E-state index is 5.71. The van der Waals surface area contributed by atoms with Crippen LogP contribution in [0.2, 0.25) is 0 Å². The van der Waals surface area contributed by atoms with Gasteiger partial charge in [0.1, 0.15) is 0 Å². The third kappa shape index (κ3) is 3.89. The van der Waals surface area contributed by atoms with E-state index in [-0.39, 0.29) is 0 Å². The number of aromatic nitrogens is 1. The van der Waals surface area contributed by atoms with E-state index < -0.39 is 0 Å². The van der Waals surface area contributed by atoms with Gasteiger partial charge in [-0.3, -0.25) is 4.98 Å². The molecule has 0 bridgehead atoms. The molecule has 0 aliphatic rings. The van der Waals surface area contributed by atoms with Crippen molar-refractivity contribution in [3.63, 3.8) is 0 Å². The highest BCUT2D eigenvalue weighted by molar-refractivity contribution is 5.78. The van der Waals surface area contributed by atoms with Gasteiger partial charge in [-0.1, -0.05) is 48.5 Å². The number of hydrogen-bond donors (Lipinski definition) is 0. The van der Waals surface area contributed by atoms with Gasteiger partial charge in [-0.05, 0) is 36.1 Å². The van der Waals surface area contributed by atoms with Gasteiger partial charge in [0.25, 0.3) is 0 Å². The Bertz CT molecular complexity index is 694. The lowest BCUT2D eigenvalue weighted by atomic mass is 10.1. The summed E-state index contributed by atoms with van der Waals surface area (Å²) in [5, 5.41) is 1.21. The van der Waals surface area contributed by atoms with Crippen molar-refractivity contribution < 1.29 is 4.74 Å². The largest absolute Gasteiger partial charge is 0.377 e. The first-order chi connectivity index (χ1) is 10.4. The van der Waals surface area contributed by atoms with Crippen LogP contribution in [0.4, 0.5) is 0 Å². The second kappa shape index (κ2) is 7.00. The second-order valence-corrected chi connectivity index (χ2v) is 5.18. The smallest absolute Gasteiger partial charge is 0.0716 e. The highest BCUT2D eigenvalue weighted by atomic mass is 16.5. The predicted molar refractivity (Wildman–Crippen MR) is 86.2 cm³/mol. The lowest BCUT2D eigenvalue weighted by Crippen LogP contribution is -1.98. The van der Waals surface area contributed by atoms with E-state index in [1.165, 1.54) is 16.5 Å². The van der Waals surface area contributed by atoms with Crippen molar-refractivity contribution in [1.29, 1.82) is 0 Å². The lowest BCUT2D eigenvalue weighted by Gasteiger charge is -2.05. The normalized spacial score (nSPS) is 10.9. The summed E-state index contributed by atoms with van der Waals surface area (Å²) in [5.74, 6) is 0. The van der Waals surface area contributed by atoms with Crippen LogP contribution in [0, 0.1) is 0 Å². The fraction of sp³-hybridized carbons (Fsp3) is 0.211. The Kier molecular flexibility index (Phi) is 4.59. The van der Waals surface area contributed by atoms with E-state index in [9.17, 15) is 0 Å². The van der Waals surface area contributed by atoms with E-state index in [1.807, 2.05) is 36.5 Å². The van der Waals surface area contributed by atoms with Gasteiger partial charge < -0.3 is 4.74 Å². The van der Waals surface area contributed by atoms with Gasteiger partial charge in [0.15, 0.2) is 0 Å². The van der Waals surface area contributed by atoms with E-state index in [0.717, 1.165) is 25.0 Å². The average molecular weight is 277 g/mol. The van der Waals surface area contributed by atoms with Crippen LogP contribution in [0.1, 0.15) is 17.5 Å². The molecule has 21 heavy (non-hydrogen) atoms. The first-order valence-electron chi connectivity index (χ1n) is 7.37. The predicted octanol–water partition coefficient (Wildman–Crippen LogP) is 4.38. The van der Waals surface area contributed by atoms with Crippen LogP contribution in [0.3, 0.4) is 0 Å². The van der Waals surface area contributed by atoms with E-state index in [0.29, 0.717) is 6.61 Å². The Balaban J connectivity index is 1.46. The number of aryl methyl sites for hydroxylation is 1. The Morgan fingerprint density at radius 2 is 1.67 bits per heavy atom. The second-order valence-electron chi connectivity index (χ2n) is 5.18. The van der Waals surface area contributed by atoms with Crippen molar-refractivity contribution >= 4 is 10.9 Å². The minimum absolute atomic E-state index is 0.691. The maximum atomic E-state index is 5.71. The van der Waals surface area contributed by atoms with Crippen molar-refractivity contribution in [2.45, 2.75) is 19.4 Å². The van der Waals surface area contributed by atoms with E-state index in [2.05, 4.69) is 35.3 Å². The van der Waals surface area contributed by atoms with Crippen LogP contribution >= 0.6 is 0 Å². The number of fused-ring (bicyclic) bond motifs is 1. The fourth-order valence-electron chi connectivity index (χ4n) is 2.40. The molecule has 3 rings (SSSR count). The lowest BCUT2D eigenvalue weighted by molar-refractivity contribution is 0.118. The van der Waals surface area contributed by atoms with Crippen LogP contribution in [0.15, 0.2) is 66.9 Å². The van der Waals surface area contributed by atoms with Gasteiger partial charge >= 0.3 is 0 Å². The molecule has 0 N–H and O–H groups in total. The minimum Gasteiger partial charge on any atom is -0.377 e. The maximum Gasteiger partial charge on any atom is 0.0716 e. The molecule has 2 aromatic carbocycles. The standard InChI is InChI=1S/C19H19NO/c1-2-7-16(8-3-1)15-21-12-6-9-17-13-18-10-4-5-11-19(18)20-14-17/h1-5,7-8,10-11,13-14H,6,9,12,15H2. The Morgan fingerprint density at radius 3 is 2.57 bits per heavy atom. The van der Waals surface area contributed by atoms with E-state index in [1.54, 1.807) is 0 Å². The van der Waals surface area contributed by atoms with Gasteiger partial charge in [0.05, 0.1) is 12.1 Å². The molecule has 0 fully saturated rings. The molecule has 2 heteroatoms. The third-order valence-corrected chi connectivity index (χ3v) is 3.51. The van der Waals surface area contributed by atoms with Crippen LogP contribution in [-0.2, 0) is 17.8 Å². The highest BCUT2D eigenvalue weighted by Gasteiger charge is 1.98. The molecule has 0 radical (unpaired) electrons. The number of ether oxygens (including phenoxy) is 1. The summed E-state index contributed by atoms with van der Waals surface area (Å²) in [7, 11) is 0. The van der Waals surface area contributed by atoms with E-state index >= 15 is 0 Å². The molecule has 0 saturated carbocycles. The third-order valence-electron chi connectivity index (χ3n) is 3.51.